The summed E-state index contributed by atoms with van der Waals surface area (Å²) in [6.45, 7) is 2.11. The quantitative estimate of drug-likeness (QED) is 0.591. The molecule has 0 spiro atoms. The summed E-state index contributed by atoms with van der Waals surface area (Å²) in [7, 11) is 2.07. The Labute approximate surface area is 111 Å². The Hall–Kier alpha value is -1.80. The zero-order valence-electron chi connectivity index (χ0n) is 10.4. The second-order valence-corrected chi connectivity index (χ2v) is 4.85. The fourth-order valence-electron chi connectivity index (χ4n) is 2.36. The number of para-hydroxylation sites is 1. The molecule has 2 nitrogen and oxygen atoms in total. The van der Waals surface area contributed by atoms with Crippen molar-refractivity contribution in [1.29, 1.82) is 0 Å². The topological polar surface area (TPSA) is 8.81 Å². The van der Waals surface area contributed by atoms with Gasteiger partial charge in [-0.3, -0.25) is 0 Å². The maximum Gasteiger partial charge on any atom is 0.259 e. The molecule has 3 heteroatoms. The molecule has 0 aliphatic heterocycles. The van der Waals surface area contributed by atoms with Crippen LogP contribution in [-0.2, 0) is 7.05 Å². The van der Waals surface area contributed by atoms with E-state index in [2.05, 4.69) is 41.3 Å². The summed E-state index contributed by atoms with van der Waals surface area (Å²) >= 11 is 6.12. The van der Waals surface area contributed by atoms with Crippen molar-refractivity contribution in [3.63, 3.8) is 0 Å². The van der Waals surface area contributed by atoms with Crippen LogP contribution in [0, 0.1) is 6.92 Å². The van der Waals surface area contributed by atoms with Gasteiger partial charge in [0.05, 0.1) is 7.05 Å². The molecule has 0 unspecified atom stereocenters. The minimum Gasteiger partial charge on any atom is -0.230 e. The molecule has 0 radical (unpaired) electrons. The highest BCUT2D eigenvalue weighted by Gasteiger charge is 2.20. The minimum atomic E-state index is 0.762. The van der Waals surface area contributed by atoms with Gasteiger partial charge in [0.25, 0.3) is 5.82 Å². The lowest BCUT2D eigenvalue weighted by atomic mass is 10.3. The Bertz CT molecular complexity index is 714. The maximum atomic E-state index is 6.12. The molecule has 3 aromatic rings. The van der Waals surface area contributed by atoms with E-state index in [1.807, 2.05) is 30.3 Å². The first kappa shape index (κ1) is 11.3. The van der Waals surface area contributed by atoms with Crippen molar-refractivity contribution in [3.05, 3.63) is 59.4 Å². The van der Waals surface area contributed by atoms with Gasteiger partial charge in [0.15, 0.2) is 11.0 Å². The number of fused-ring (bicyclic) bond motifs is 1. The van der Waals surface area contributed by atoms with Gasteiger partial charge < -0.3 is 0 Å². The average molecular weight is 258 g/mol. The van der Waals surface area contributed by atoms with E-state index in [-0.39, 0.29) is 0 Å². The predicted octanol–water partition coefficient (Wildman–Crippen LogP) is 3.42. The van der Waals surface area contributed by atoms with E-state index in [1.54, 1.807) is 0 Å². The molecule has 0 saturated carbocycles. The molecule has 90 valence electrons. The normalized spacial score (nSPS) is 11.1. The molecule has 0 amide bonds. The number of aryl methyl sites for hydroxylation is 1. The Kier molecular flexibility index (Phi) is 2.60. The molecule has 1 aromatic heterocycles. The van der Waals surface area contributed by atoms with Gasteiger partial charge in [-0.1, -0.05) is 29.8 Å². The number of aromatic nitrogens is 2. The number of hydrogen-bond donors (Lipinski definition) is 0. The summed E-state index contributed by atoms with van der Waals surface area (Å²) in [4.78, 5) is 0. The number of hydrogen-bond acceptors (Lipinski definition) is 0. The molecule has 0 atom stereocenters. The Balaban J connectivity index is 2.42. The van der Waals surface area contributed by atoms with Crippen LogP contribution in [0.4, 0.5) is 0 Å². The van der Waals surface area contributed by atoms with Crippen molar-refractivity contribution in [2.75, 3.05) is 0 Å². The molecule has 0 bridgehead atoms. The first-order chi connectivity index (χ1) is 8.68. The second kappa shape index (κ2) is 4.14. The highest BCUT2D eigenvalue weighted by molar-refractivity contribution is 6.31. The van der Waals surface area contributed by atoms with Crippen LogP contribution in [0.1, 0.15) is 5.82 Å². The van der Waals surface area contributed by atoms with Gasteiger partial charge in [-0.15, -0.1) is 0 Å². The molecule has 0 fully saturated rings. The molecule has 0 aliphatic rings. The molecule has 0 N–H and O–H groups in total. The number of nitrogens with zero attached hydrogens (tertiary/aromatic N) is 2. The van der Waals surface area contributed by atoms with E-state index in [0.29, 0.717) is 0 Å². The third-order valence-electron chi connectivity index (χ3n) is 3.36. The third kappa shape index (κ3) is 1.61. The fourth-order valence-corrected chi connectivity index (χ4v) is 2.53. The first-order valence-electron chi connectivity index (χ1n) is 5.90. The summed E-state index contributed by atoms with van der Waals surface area (Å²) in [5.74, 6) is 1.18. The molecule has 1 heterocycles. The minimum absolute atomic E-state index is 0.762. The zero-order valence-corrected chi connectivity index (χ0v) is 11.1. The lowest BCUT2D eigenvalue weighted by Crippen LogP contribution is -2.30. The fraction of sp³-hybridized carbons (Fsp3) is 0.133. The van der Waals surface area contributed by atoms with Crippen molar-refractivity contribution in [1.82, 2.24) is 4.57 Å². The van der Waals surface area contributed by atoms with Crippen molar-refractivity contribution < 1.29 is 4.57 Å². The zero-order chi connectivity index (χ0) is 12.7. The molecule has 3 rings (SSSR count). The molecular formula is C15H14ClN2+. The average Bonchev–Trinajstić information content (AvgIpc) is 2.63. The molecule has 0 aliphatic carbocycles. The summed E-state index contributed by atoms with van der Waals surface area (Å²) in [6.07, 6.45) is 0. The number of halogens is 1. The lowest BCUT2D eigenvalue weighted by molar-refractivity contribution is -0.652. The van der Waals surface area contributed by atoms with Crippen molar-refractivity contribution in [2.45, 2.75) is 6.92 Å². The van der Waals surface area contributed by atoms with Gasteiger partial charge in [0.2, 0.25) is 0 Å². The van der Waals surface area contributed by atoms with Gasteiger partial charge in [0.1, 0.15) is 5.69 Å². The van der Waals surface area contributed by atoms with Crippen LogP contribution in [0.5, 0.6) is 0 Å². The van der Waals surface area contributed by atoms with E-state index < -0.39 is 0 Å². The number of rotatable bonds is 1. The van der Waals surface area contributed by atoms with E-state index in [1.165, 1.54) is 11.3 Å². The van der Waals surface area contributed by atoms with E-state index in [4.69, 9.17) is 11.6 Å². The van der Waals surface area contributed by atoms with Crippen molar-refractivity contribution in [3.8, 4) is 5.69 Å². The third-order valence-corrected chi connectivity index (χ3v) is 3.60. The maximum absolute atomic E-state index is 6.12. The lowest BCUT2D eigenvalue weighted by Gasteiger charge is -1.99. The van der Waals surface area contributed by atoms with Crippen molar-refractivity contribution >= 4 is 22.6 Å². The molecular weight excluding hydrogens is 244 g/mol. The highest BCUT2D eigenvalue weighted by Crippen LogP contribution is 2.22. The second-order valence-electron chi connectivity index (χ2n) is 4.41. The van der Waals surface area contributed by atoms with Crippen LogP contribution in [0.15, 0.2) is 48.5 Å². The molecule has 2 aromatic carbocycles. The smallest absolute Gasteiger partial charge is 0.230 e. The summed E-state index contributed by atoms with van der Waals surface area (Å²) in [5.41, 5.74) is 3.47. The predicted molar refractivity (Wildman–Crippen MR) is 74.2 cm³/mol. The SMILES string of the molecule is Cc1n(-c2ccccc2)c2cc(Cl)ccc2[n+]1C. The van der Waals surface area contributed by atoms with Gasteiger partial charge in [-0.2, -0.15) is 4.57 Å². The standard InChI is InChI=1S/C15H14ClN2/c1-11-17(2)14-9-8-12(16)10-15(14)18(11)13-6-4-3-5-7-13/h3-10H,1-2H3/q+1. The van der Waals surface area contributed by atoms with E-state index in [9.17, 15) is 0 Å². The number of imidazole rings is 1. The Morgan fingerprint density at radius 3 is 2.50 bits per heavy atom. The van der Waals surface area contributed by atoms with Crippen molar-refractivity contribution in [2.24, 2.45) is 7.05 Å². The van der Waals surface area contributed by atoms with Crippen LogP contribution in [-0.4, -0.2) is 4.57 Å². The molecule has 0 saturated heterocycles. The van der Waals surface area contributed by atoms with Crippen LogP contribution in [0.2, 0.25) is 5.02 Å². The van der Waals surface area contributed by atoms with Crippen LogP contribution >= 0.6 is 11.6 Å². The summed E-state index contributed by atoms with van der Waals surface area (Å²) in [5, 5.41) is 0.762. The van der Waals surface area contributed by atoms with Gasteiger partial charge in [-0.25, -0.2) is 4.57 Å². The van der Waals surface area contributed by atoms with E-state index >= 15 is 0 Å². The number of benzene rings is 2. The first-order valence-corrected chi connectivity index (χ1v) is 6.28. The largest absolute Gasteiger partial charge is 0.259 e. The monoisotopic (exact) mass is 257 g/mol. The van der Waals surface area contributed by atoms with Gasteiger partial charge in [0, 0.05) is 18.0 Å². The van der Waals surface area contributed by atoms with Crippen LogP contribution in [0.25, 0.3) is 16.7 Å². The van der Waals surface area contributed by atoms with Gasteiger partial charge >= 0.3 is 0 Å². The highest BCUT2D eigenvalue weighted by atomic mass is 35.5. The van der Waals surface area contributed by atoms with Crippen LogP contribution < -0.4 is 4.57 Å². The summed E-state index contributed by atoms with van der Waals surface area (Å²) in [6, 6.07) is 16.3. The summed E-state index contributed by atoms with van der Waals surface area (Å²) < 4.78 is 4.40. The Morgan fingerprint density at radius 1 is 1.06 bits per heavy atom. The molecule has 18 heavy (non-hydrogen) atoms. The van der Waals surface area contributed by atoms with Gasteiger partial charge in [-0.05, 0) is 24.3 Å². The Morgan fingerprint density at radius 2 is 1.78 bits per heavy atom. The van der Waals surface area contributed by atoms with Crippen LogP contribution in [0.3, 0.4) is 0 Å². The van der Waals surface area contributed by atoms with E-state index in [0.717, 1.165) is 16.2 Å².